The zero-order valence-electron chi connectivity index (χ0n) is 30.6. The number of hydrogen-bond acceptors (Lipinski definition) is 11. The second-order valence-corrected chi connectivity index (χ2v) is 15.6. The van der Waals surface area contributed by atoms with E-state index < -0.39 is 6.04 Å². The fourth-order valence-corrected chi connectivity index (χ4v) is 8.78. The molecule has 4 fully saturated rings. The highest BCUT2D eigenvalue weighted by Crippen LogP contribution is 2.33. The van der Waals surface area contributed by atoms with Crippen molar-refractivity contribution in [1.82, 2.24) is 25.3 Å². The smallest absolute Gasteiger partial charge is 0.255 e. The van der Waals surface area contributed by atoms with E-state index in [1.54, 1.807) is 23.1 Å². The van der Waals surface area contributed by atoms with Gasteiger partial charge < -0.3 is 24.8 Å². The number of benzene rings is 2. The standard InChI is InChI=1S/C40H44ClN9O5/c41-33-21-31(6-3-27(33)22-42)55-30-5-2-26(19-30)38(52)43-35-8-9-36(46-45-35)49-13-11-25(12-14-49)23-47-15-17-48(18-16-47)29-4-1-28-24-50(40(54)32(28)20-29)34-7-10-37(51)44-39(34)53/h1,3-4,6,8-9,20-21,25-26,30,34H,2,5,7,10-19,23-24H2,(H,43,45,52)(H,44,51,53). The molecule has 3 atom stereocenters. The molecule has 4 aliphatic heterocycles. The van der Waals surface area contributed by atoms with Crippen molar-refractivity contribution in [2.24, 2.45) is 11.8 Å². The first-order chi connectivity index (χ1) is 26.7. The SMILES string of the molecule is N#Cc1ccc(OC2CCC(C(=O)Nc3ccc(N4CCC(CN5CCN(c6ccc7c(c6)C(=O)N(C6CCC(=O)NC6=O)C7)CC5)CC4)nn3)C2)cc1Cl. The molecule has 3 saturated heterocycles. The lowest BCUT2D eigenvalue weighted by molar-refractivity contribution is -0.137. The predicted octanol–water partition coefficient (Wildman–Crippen LogP) is 3.99. The molecule has 5 aliphatic rings. The molecule has 1 aromatic heterocycles. The fourth-order valence-electron chi connectivity index (χ4n) is 8.56. The van der Waals surface area contributed by atoms with Gasteiger partial charge in [-0.1, -0.05) is 17.7 Å². The minimum Gasteiger partial charge on any atom is -0.490 e. The lowest BCUT2D eigenvalue weighted by Gasteiger charge is -2.39. The van der Waals surface area contributed by atoms with E-state index in [9.17, 15) is 19.2 Å². The summed E-state index contributed by atoms with van der Waals surface area (Å²) >= 11 is 6.14. The van der Waals surface area contributed by atoms with E-state index >= 15 is 0 Å². The molecule has 2 N–H and O–H groups in total. The van der Waals surface area contributed by atoms with Gasteiger partial charge in [-0.3, -0.25) is 29.4 Å². The summed E-state index contributed by atoms with van der Waals surface area (Å²) in [5.74, 6) is 1.35. The van der Waals surface area contributed by atoms with Gasteiger partial charge in [0.15, 0.2) is 11.6 Å². The van der Waals surface area contributed by atoms with Crippen LogP contribution in [0.4, 0.5) is 17.3 Å². The van der Waals surface area contributed by atoms with E-state index in [2.05, 4.69) is 41.6 Å². The second kappa shape index (κ2) is 15.8. The summed E-state index contributed by atoms with van der Waals surface area (Å²) in [5, 5.41) is 23.5. The third kappa shape index (κ3) is 8.09. The monoisotopic (exact) mass is 765 g/mol. The average Bonchev–Trinajstić information content (AvgIpc) is 3.80. The average molecular weight is 766 g/mol. The van der Waals surface area contributed by atoms with Crippen LogP contribution in [0.3, 0.4) is 0 Å². The molecule has 2 aromatic carbocycles. The number of amides is 4. The molecule has 4 amide bonds. The highest BCUT2D eigenvalue weighted by atomic mass is 35.5. The number of carbonyl (C=O) groups excluding carboxylic acids is 4. The van der Waals surface area contributed by atoms with E-state index in [0.717, 1.165) is 82.1 Å². The van der Waals surface area contributed by atoms with E-state index in [4.69, 9.17) is 21.6 Å². The van der Waals surface area contributed by atoms with Gasteiger partial charge in [0.25, 0.3) is 5.91 Å². The first-order valence-electron chi connectivity index (χ1n) is 19.2. The van der Waals surface area contributed by atoms with Gasteiger partial charge in [0, 0.05) is 82.0 Å². The van der Waals surface area contributed by atoms with Crippen LogP contribution < -0.4 is 25.2 Å². The summed E-state index contributed by atoms with van der Waals surface area (Å²) < 4.78 is 6.04. The fraction of sp³-hybridized carbons (Fsp3) is 0.475. The summed E-state index contributed by atoms with van der Waals surface area (Å²) in [7, 11) is 0. The van der Waals surface area contributed by atoms with Crippen LogP contribution in [0.1, 0.15) is 66.4 Å². The maximum atomic E-state index is 13.3. The molecular formula is C40H44ClN9O5. The van der Waals surface area contributed by atoms with Gasteiger partial charge in [0.1, 0.15) is 17.9 Å². The number of nitrogens with zero attached hydrogens (tertiary/aromatic N) is 7. The van der Waals surface area contributed by atoms with Crippen LogP contribution >= 0.6 is 11.6 Å². The molecule has 286 valence electrons. The summed E-state index contributed by atoms with van der Waals surface area (Å²) in [6.45, 7) is 6.90. The minimum absolute atomic E-state index is 0.0894. The molecular weight excluding hydrogens is 722 g/mol. The molecule has 3 aromatic rings. The molecule has 3 unspecified atom stereocenters. The van der Waals surface area contributed by atoms with Gasteiger partial charge in [-0.15, -0.1) is 10.2 Å². The number of piperazine rings is 1. The summed E-state index contributed by atoms with van der Waals surface area (Å²) in [5.41, 5.74) is 3.00. The van der Waals surface area contributed by atoms with Crippen LogP contribution in [0.2, 0.25) is 5.02 Å². The number of hydrogen-bond donors (Lipinski definition) is 2. The molecule has 55 heavy (non-hydrogen) atoms. The van der Waals surface area contributed by atoms with Crippen LogP contribution in [-0.4, -0.2) is 102 Å². The van der Waals surface area contributed by atoms with Crippen LogP contribution in [0.15, 0.2) is 48.5 Å². The van der Waals surface area contributed by atoms with Gasteiger partial charge >= 0.3 is 0 Å². The molecule has 5 heterocycles. The minimum atomic E-state index is -0.604. The first-order valence-corrected chi connectivity index (χ1v) is 19.6. The lowest BCUT2D eigenvalue weighted by atomic mass is 9.96. The van der Waals surface area contributed by atoms with Gasteiger partial charge in [-0.05, 0) is 86.4 Å². The van der Waals surface area contributed by atoms with Crippen LogP contribution in [0, 0.1) is 23.2 Å². The number of aromatic nitrogens is 2. The second-order valence-electron chi connectivity index (χ2n) is 15.2. The lowest BCUT2D eigenvalue weighted by Crippen LogP contribution is -2.52. The molecule has 0 bridgehead atoms. The highest BCUT2D eigenvalue weighted by Gasteiger charge is 2.39. The van der Waals surface area contributed by atoms with E-state index in [-0.39, 0.29) is 42.1 Å². The Balaban J connectivity index is 0.754. The molecule has 0 spiro atoms. The van der Waals surface area contributed by atoms with Crippen molar-refractivity contribution < 1.29 is 23.9 Å². The Morgan fingerprint density at radius 2 is 1.75 bits per heavy atom. The Morgan fingerprint density at radius 1 is 0.927 bits per heavy atom. The number of ether oxygens (including phenoxy) is 1. The van der Waals surface area contributed by atoms with Gasteiger partial charge in [0.2, 0.25) is 17.7 Å². The number of anilines is 3. The molecule has 15 heteroatoms. The number of carbonyl (C=O) groups is 4. The molecule has 1 aliphatic carbocycles. The summed E-state index contributed by atoms with van der Waals surface area (Å²) in [4.78, 5) is 59.1. The third-order valence-electron chi connectivity index (χ3n) is 11.7. The van der Waals surface area contributed by atoms with Crippen LogP contribution in [0.5, 0.6) is 5.75 Å². The number of rotatable bonds is 9. The summed E-state index contributed by atoms with van der Waals surface area (Å²) in [6, 6.07) is 16.2. The predicted molar refractivity (Wildman–Crippen MR) is 205 cm³/mol. The number of imide groups is 1. The number of piperidine rings is 2. The zero-order valence-corrected chi connectivity index (χ0v) is 31.3. The van der Waals surface area contributed by atoms with Crippen molar-refractivity contribution in [3.8, 4) is 11.8 Å². The Morgan fingerprint density at radius 3 is 2.47 bits per heavy atom. The van der Waals surface area contributed by atoms with Crippen molar-refractivity contribution in [3.63, 3.8) is 0 Å². The Hall–Kier alpha value is -5.26. The molecule has 1 saturated carbocycles. The van der Waals surface area contributed by atoms with Gasteiger partial charge in [-0.25, -0.2) is 0 Å². The molecule has 8 rings (SSSR count). The zero-order chi connectivity index (χ0) is 38.1. The van der Waals surface area contributed by atoms with Crippen molar-refractivity contribution in [1.29, 1.82) is 5.26 Å². The number of nitriles is 1. The number of fused-ring (bicyclic) bond motifs is 1. The Kier molecular flexibility index (Phi) is 10.6. The first kappa shape index (κ1) is 36.7. The highest BCUT2D eigenvalue weighted by molar-refractivity contribution is 6.31. The summed E-state index contributed by atoms with van der Waals surface area (Å²) in [6.07, 6.45) is 4.69. The van der Waals surface area contributed by atoms with Crippen molar-refractivity contribution in [3.05, 3.63) is 70.2 Å². The Labute approximate surface area is 324 Å². The molecule has 14 nitrogen and oxygen atoms in total. The maximum Gasteiger partial charge on any atom is 0.255 e. The maximum absolute atomic E-state index is 13.3. The van der Waals surface area contributed by atoms with E-state index in [1.165, 1.54) is 0 Å². The van der Waals surface area contributed by atoms with Crippen LogP contribution in [-0.2, 0) is 20.9 Å². The van der Waals surface area contributed by atoms with Crippen molar-refractivity contribution in [2.45, 2.75) is 63.6 Å². The largest absolute Gasteiger partial charge is 0.490 e. The van der Waals surface area contributed by atoms with Gasteiger partial charge in [-0.2, -0.15) is 5.26 Å². The van der Waals surface area contributed by atoms with E-state index in [0.29, 0.717) is 59.4 Å². The topological polar surface area (TPSA) is 164 Å². The molecule has 0 radical (unpaired) electrons. The van der Waals surface area contributed by atoms with Crippen LogP contribution in [0.25, 0.3) is 0 Å². The van der Waals surface area contributed by atoms with E-state index in [1.807, 2.05) is 30.3 Å². The normalized spacial score (nSPS) is 23.4. The number of halogens is 1. The number of nitrogens with one attached hydrogen (secondary N) is 2. The third-order valence-corrected chi connectivity index (χ3v) is 12.0. The van der Waals surface area contributed by atoms with Crippen molar-refractivity contribution >= 4 is 52.6 Å². The Bertz CT molecular complexity index is 2010. The van der Waals surface area contributed by atoms with Gasteiger partial charge in [0.05, 0.1) is 16.7 Å². The van der Waals surface area contributed by atoms with Crippen molar-refractivity contribution in [2.75, 3.05) is 60.9 Å². The quantitative estimate of drug-likeness (QED) is 0.303.